The standard InChI is InChI=1S/C11H13F4NO/c1-2-16-10(6-17)7-3-4-9(12)8(5-7)11(13,14)15/h3-5,10,16-17H,2,6H2,1H3. The Kier molecular flexibility index (Phi) is 4.47. The highest BCUT2D eigenvalue weighted by Crippen LogP contribution is 2.32. The number of aliphatic hydroxyl groups excluding tert-OH is 1. The molecular formula is C11H13F4NO. The van der Waals surface area contributed by atoms with Crippen molar-refractivity contribution in [2.75, 3.05) is 13.2 Å². The summed E-state index contributed by atoms with van der Waals surface area (Å²) in [6.07, 6.45) is -4.73. The topological polar surface area (TPSA) is 32.3 Å². The van der Waals surface area contributed by atoms with Crippen molar-refractivity contribution in [2.45, 2.75) is 19.1 Å². The largest absolute Gasteiger partial charge is 0.419 e. The van der Waals surface area contributed by atoms with Gasteiger partial charge in [0.15, 0.2) is 0 Å². The second-order valence-corrected chi connectivity index (χ2v) is 3.53. The summed E-state index contributed by atoms with van der Waals surface area (Å²) in [4.78, 5) is 0. The number of aliphatic hydroxyl groups is 1. The predicted octanol–water partition coefficient (Wildman–Crippen LogP) is 2.49. The maximum absolute atomic E-state index is 13.0. The van der Waals surface area contributed by atoms with Crippen LogP contribution in [0.5, 0.6) is 0 Å². The number of nitrogens with one attached hydrogen (secondary N) is 1. The highest BCUT2D eigenvalue weighted by Gasteiger charge is 2.34. The minimum atomic E-state index is -4.73. The van der Waals surface area contributed by atoms with Crippen molar-refractivity contribution in [3.05, 3.63) is 35.1 Å². The number of benzene rings is 1. The molecule has 6 heteroatoms. The zero-order valence-corrected chi connectivity index (χ0v) is 9.18. The molecule has 0 amide bonds. The van der Waals surface area contributed by atoms with E-state index in [0.717, 1.165) is 12.1 Å². The molecule has 2 N–H and O–H groups in total. The van der Waals surface area contributed by atoms with Crippen molar-refractivity contribution in [3.63, 3.8) is 0 Å². The molecule has 1 unspecified atom stereocenters. The Labute approximate surface area is 96.3 Å². The van der Waals surface area contributed by atoms with E-state index in [4.69, 9.17) is 5.11 Å². The van der Waals surface area contributed by atoms with Gasteiger partial charge < -0.3 is 10.4 Å². The Morgan fingerprint density at radius 1 is 1.35 bits per heavy atom. The molecule has 0 aromatic heterocycles. The Morgan fingerprint density at radius 3 is 2.47 bits per heavy atom. The van der Waals surface area contributed by atoms with Gasteiger partial charge >= 0.3 is 6.18 Å². The van der Waals surface area contributed by atoms with Crippen LogP contribution in [0, 0.1) is 5.82 Å². The molecule has 1 aromatic carbocycles. The molecule has 0 saturated heterocycles. The number of alkyl halides is 3. The Hall–Kier alpha value is -1.14. The van der Waals surface area contributed by atoms with E-state index in [2.05, 4.69) is 5.32 Å². The number of hydrogen-bond donors (Lipinski definition) is 2. The normalized spacial score (nSPS) is 13.8. The summed E-state index contributed by atoms with van der Waals surface area (Å²) < 4.78 is 50.4. The Morgan fingerprint density at radius 2 is 2.00 bits per heavy atom. The molecule has 0 aliphatic rings. The number of hydrogen-bond acceptors (Lipinski definition) is 2. The van der Waals surface area contributed by atoms with E-state index in [9.17, 15) is 17.6 Å². The molecule has 0 spiro atoms. The Bertz CT molecular complexity index is 378. The highest BCUT2D eigenvalue weighted by atomic mass is 19.4. The minimum Gasteiger partial charge on any atom is -0.394 e. The van der Waals surface area contributed by atoms with Crippen molar-refractivity contribution in [3.8, 4) is 0 Å². The molecular weight excluding hydrogens is 238 g/mol. The van der Waals surface area contributed by atoms with Crippen LogP contribution in [0.4, 0.5) is 17.6 Å². The van der Waals surface area contributed by atoms with Crippen LogP contribution in [0.1, 0.15) is 24.1 Å². The van der Waals surface area contributed by atoms with E-state index in [1.54, 1.807) is 6.92 Å². The third-order valence-corrected chi connectivity index (χ3v) is 2.33. The van der Waals surface area contributed by atoms with Crippen LogP contribution in [-0.4, -0.2) is 18.3 Å². The Balaban J connectivity index is 3.11. The van der Waals surface area contributed by atoms with Crippen molar-refractivity contribution >= 4 is 0 Å². The second kappa shape index (κ2) is 5.46. The lowest BCUT2D eigenvalue weighted by Crippen LogP contribution is -2.24. The first-order chi connectivity index (χ1) is 7.90. The SMILES string of the molecule is CCNC(CO)c1ccc(F)c(C(F)(F)F)c1. The third-order valence-electron chi connectivity index (χ3n) is 2.33. The lowest BCUT2D eigenvalue weighted by atomic mass is 10.0. The fraction of sp³-hybridized carbons (Fsp3) is 0.455. The second-order valence-electron chi connectivity index (χ2n) is 3.53. The first-order valence-corrected chi connectivity index (χ1v) is 5.11. The minimum absolute atomic E-state index is 0.211. The highest BCUT2D eigenvalue weighted by molar-refractivity contribution is 5.29. The number of rotatable bonds is 4. The molecule has 96 valence electrons. The first kappa shape index (κ1) is 13.9. The van der Waals surface area contributed by atoms with Gasteiger partial charge in [-0.3, -0.25) is 0 Å². The fourth-order valence-electron chi connectivity index (χ4n) is 1.51. The zero-order chi connectivity index (χ0) is 13.1. The molecule has 0 heterocycles. The lowest BCUT2D eigenvalue weighted by Gasteiger charge is -2.17. The third kappa shape index (κ3) is 3.41. The molecule has 17 heavy (non-hydrogen) atoms. The van der Waals surface area contributed by atoms with Gasteiger partial charge in [-0.05, 0) is 24.2 Å². The maximum atomic E-state index is 13.0. The van der Waals surface area contributed by atoms with E-state index in [1.807, 2.05) is 0 Å². The summed E-state index contributed by atoms with van der Waals surface area (Å²) in [7, 11) is 0. The van der Waals surface area contributed by atoms with Crippen LogP contribution in [0.2, 0.25) is 0 Å². The molecule has 0 saturated carbocycles. The first-order valence-electron chi connectivity index (χ1n) is 5.11. The van der Waals surface area contributed by atoms with E-state index < -0.39 is 23.6 Å². The van der Waals surface area contributed by atoms with Crippen molar-refractivity contribution in [2.24, 2.45) is 0 Å². The summed E-state index contributed by atoms with van der Waals surface area (Å²) in [5, 5.41) is 11.8. The molecule has 1 rings (SSSR count). The number of likely N-dealkylation sites (N-methyl/N-ethyl adjacent to an activating group) is 1. The summed E-state index contributed by atoms with van der Waals surface area (Å²) >= 11 is 0. The molecule has 0 fully saturated rings. The van der Waals surface area contributed by atoms with Crippen LogP contribution in [0.15, 0.2) is 18.2 Å². The van der Waals surface area contributed by atoms with E-state index in [0.29, 0.717) is 6.54 Å². The number of halogens is 4. The smallest absolute Gasteiger partial charge is 0.394 e. The van der Waals surface area contributed by atoms with E-state index in [1.165, 1.54) is 6.07 Å². The monoisotopic (exact) mass is 251 g/mol. The van der Waals surface area contributed by atoms with E-state index >= 15 is 0 Å². The van der Waals surface area contributed by atoms with Gasteiger partial charge in [0.2, 0.25) is 0 Å². The van der Waals surface area contributed by atoms with Gasteiger partial charge in [-0.15, -0.1) is 0 Å². The van der Waals surface area contributed by atoms with Gasteiger partial charge in [0.25, 0.3) is 0 Å². The van der Waals surface area contributed by atoms with Gasteiger partial charge in [-0.25, -0.2) is 4.39 Å². The molecule has 1 aromatic rings. The lowest BCUT2D eigenvalue weighted by molar-refractivity contribution is -0.140. The van der Waals surface area contributed by atoms with E-state index in [-0.39, 0.29) is 12.2 Å². The molecule has 0 aliphatic carbocycles. The van der Waals surface area contributed by atoms with Gasteiger partial charge in [-0.2, -0.15) is 13.2 Å². The average Bonchev–Trinajstić information content (AvgIpc) is 2.25. The van der Waals surface area contributed by atoms with Crippen molar-refractivity contribution in [1.29, 1.82) is 0 Å². The fourth-order valence-corrected chi connectivity index (χ4v) is 1.51. The van der Waals surface area contributed by atoms with Crippen LogP contribution in [0.25, 0.3) is 0 Å². The van der Waals surface area contributed by atoms with Gasteiger partial charge in [0.1, 0.15) is 5.82 Å². The van der Waals surface area contributed by atoms with Crippen LogP contribution in [0.3, 0.4) is 0 Å². The summed E-state index contributed by atoms with van der Waals surface area (Å²) in [5.74, 6) is -1.31. The molecule has 0 radical (unpaired) electrons. The summed E-state index contributed by atoms with van der Waals surface area (Å²) in [6, 6.07) is 2.09. The summed E-state index contributed by atoms with van der Waals surface area (Å²) in [6.45, 7) is 1.90. The molecule has 0 aliphatic heterocycles. The average molecular weight is 251 g/mol. The predicted molar refractivity (Wildman–Crippen MR) is 54.9 cm³/mol. The van der Waals surface area contributed by atoms with Crippen LogP contribution in [-0.2, 0) is 6.18 Å². The maximum Gasteiger partial charge on any atom is 0.419 e. The van der Waals surface area contributed by atoms with Crippen molar-refractivity contribution in [1.82, 2.24) is 5.32 Å². The van der Waals surface area contributed by atoms with Crippen LogP contribution >= 0.6 is 0 Å². The zero-order valence-electron chi connectivity index (χ0n) is 9.18. The van der Waals surface area contributed by atoms with Crippen molar-refractivity contribution < 1.29 is 22.7 Å². The molecule has 2 nitrogen and oxygen atoms in total. The van der Waals surface area contributed by atoms with Gasteiger partial charge in [0.05, 0.1) is 18.2 Å². The molecule has 0 bridgehead atoms. The quantitative estimate of drug-likeness (QED) is 0.806. The van der Waals surface area contributed by atoms with Crippen LogP contribution < -0.4 is 5.32 Å². The summed E-state index contributed by atoms with van der Waals surface area (Å²) in [5.41, 5.74) is -1.10. The molecule has 1 atom stereocenters. The van der Waals surface area contributed by atoms with Gasteiger partial charge in [0, 0.05) is 0 Å². The van der Waals surface area contributed by atoms with Gasteiger partial charge in [-0.1, -0.05) is 13.0 Å².